The molecule has 0 saturated carbocycles. The highest BCUT2D eigenvalue weighted by Gasteiger charge is 2.29. The summed E-state index contributed by atoms with van der Waals surface area (Å²) < 4.78 is 22.9. The van der Waals surface area contributed by atoms with Gasteiger partial charge in [0.05, 0.1) is 18.1 Å². The average molecular weight is 378 g/mol. The van der Waals surface area contributed by atoms with E-state index in [2.05, 4.69) is 39.4 Å². The van der Waals surface area contributed by atoms with Crippen molar-refractivity contribution in [1.82, 2.24) is 15.1 Å². The Morgan fingerprint density at radius 3 is 2.46 bits per heavy atom. The van der Waals surface area contributed by atoms with Gasteiger partial charge in [-0.3, -0.25) is 14.6 Å². The minimum atomic E-state index is -2.95. The molecular formula is C19H27N3O3S. The molecule has 1 unspecified atom stereocenters. The molecule has 1 atom stereocenters. The number of hydrogen-bond donors (Lipinski definition) is 1. The van der Waals surface area contributed by atoms with E-state index in [1.54, 1.807) is 0 Å². The molecule has 0 radical (unpaired) electrons. The van der Waals surface area contributed by atoms with E-state index in [9.17, 15) is 13.2 Å². The fraction of sp³-hybridized carbons (Fsp3) is 0.526. The van der Waals surface area contributed by atoms with Crippen molar-refractivity contribution in [3.63, 3.8) is 0 Å². The number of amides is 1. The lowest BCUT2D eigenvalue weighted by atomic mass is 10.2. The Morgan fingerprint density at radius 2 is 1.81 bits per heavy atom. The Bertz CT molecular complexity index is 726. The zero-order chi connectivity index (χ0) is 18.4. The van der Waals surface area contributed by atoms with Crippen molar-refractivity contribution < 1.29 is 13.2 Å². The maximum absolute atomic E-state index is 12.1. The van der Waals surface area contributed by atoms with E-state index in [1.165, 1.54) is 5.56 Å². The molecule has 0 aromatic heterocycles. The summed E-state index contributed by atoms with van der Waals surface area (Å²) in [7, 11) is -2.95. The summed E-state index contributed by atoms with van der Waals surface area (Å²) in [4.78, 5) is 16.6. The van der Waals surface area contributed by atoms with Gasteiger partial charge in [-0.2, -0.15) is 0 Å². The van der Waals surface area contributed by atoms with Gasteiger partial charge in [-0.15, -0.1) is 0 Å². The van der Waals surface area contributed by atoms with Crippen LogP contribution >= 0.6 is 0 Å². The van der Waals surface area contributed by atoms with Gasteiger partial charge in [0.25, 0.3) is 0 Å². The summed E-state index contributed by atoms with van der Waals surface area (Å²) in [6.07, 6.45) is 4.85. The van der Waals surface area contributed by atoms with E-state index >= 15 is 0 Å². The zero-order valence-electron chi connectivity index (χ0n) is 15.0. The Hall–Kier alpha value is -1.70. The molecule has 2 saturated heterocycles. The fourth-order valence-corrected chi connectivity index (χ4v) is 5.09. The number of sulfone groups is 1. The predicted molar refractivity (Wildman–Crippen MR) is 104 cm³/mol. The number of hydrogen-bond acceptors (Lipinski definition) is 5. The Kier molecular flexibility index (Phi) is 6.45. The lowest BCUT2D eigenvalue weighted by Crippen LogP contribution is -2.50. The Labute approximate surface area is 155 Å². The van der Waals surface area contributed by atoms with Crippen LogP contribution in [0.3, 0.4) is 0 Å². The van der Waals surface area contributed by atoms with Gasteiger partial charge >= 0.3 is 0 Å². The molecule has 1 N–H and O–H groups in total. The van der Waals surface area contributed by atoms with Crippen LogP contribution < -0.4 is 5.32 Å². The zero-order valence-corrected chi connectivity index (χ0v) is 15.8. The number of benzene rings is 1. The van der Waals surface area contributed by atoms with Crippen LogP contribution in [0.25, 0.3) is 6.08 Å². The van der Waals surface area contributed by atoms with Gasteiger partial charge in [-0.1, -0.05) is 42.5 Å². The molecule has 2 fully saturated rings. The monoisotopic (exact) mass is 377 g/mol. The van der Waals surface area contributed by atoms with E-state index in [0.717, 1.165) is 32.7 Å². The van der Waals surface area contributed by atoms with Crippen LogP contribution in [0, 0.1) is 0 Å². The fourth-order valence-electron chi connectivity index (χ4n) is 3.42. The van der Waals surface area contributed by atoms with Gasteiger partial charge in [0.2, 0.25) is 5.91 Å². The lowest BCUT2D eigenvalue weighted by Gasteiger charge is -2.33. The van der Waals surface area contributed by atoms with E-state index in [-0.39, 0.29) is 23.5 Å². The normalized spacial score (nSPS) is 24.1. The van der Waals surface area contributed by atoms with Gasteiger partial charge in [0.15, 0.2) is 9.84 Å². The lowest BCUT2D eigenvalue weighted by molar-refractivity contribution is -0.123. The van der Waals surface area contributed by atoms with Crippen molar-refractivity contribution in [3.8, 4) is 0 Å². The van der Waals surface area contributed by atoms with E-state index in [1.807, 2.05) is 18.2 Å². The van der Waals surface area contributed by atoms with Crippen LogP contribution in [0.2, 0.25) is 0 Å². The van der Waals surface area contributed by atoms with Crippen LogP contribution in [0.4, 0.5) is 0 Å². The molecule has 142 valence electrons. The van der Waals surface area contributed by atoms with Gasteiger partial charge in [0, 0.05) is 38.8 Å². The summed E-state index contributed by atoms with van der Waals surface area (Å²) in [5.41, 5.74) is 1.21. The molecule has 0 spiro atoms. The maximum Gasteiger partial charge on any atom is 0.234 e. The first kappa shape index (κ1) is 19.1. The topological polar surface area (TPSA) is 69.7 Å². The van der Waals surface area contributed by atoms with Gasteiger partial charge in [0.1, 0.15) is 0 Å². The van der Waals surface area contributed by atoms with Crippen LogP contribution in [0.15, 0.2) is 36.4 Å². The first-order chi connectivity index (χ1) is 12.5. The van der Waals surface area contributed by atoms with Crippen molar-refractivity contribution in [2.24, 2.45) is 0 Å². The molecule has 7 heteroatoms. The maximum atomic E-state index is 12.1. The number of piperazine rings is 1. The first-order valence-corrected chi connectivity index (χ1v) is 11.0. The SMILES string of the molecule is O=C(CN1CCN(C/C=C/c2ccccc2)CC1)NC1CCS(=O)(=O)C1. The van der Waals surface area contributed by atoms with Crippen LogP contribution in [-0.4, -0.2) is 80.9 Å². The van der Waals surface area contributed by atoms with E-state index in [4.69, 9.17) is 0 Å². The van der Waals surface area contributed by atoms with Crippen molar-refractivity contribution in [2.45, 2.75) is 12.5 Å². The number of carbonyl (C=O) groups is 1. The molecule has 1 amide bonds. The molecular weight excluding hydrogens is 350 g/mol. The average Bonchev–Trinajstić information content (AvgIpc) is 2.96. The predicted octanol–water partition coefficient (Wildman–Crippen LogP) is 0.621. The van der Waals surface area contributed by atoms with Gasteiger partial charge in [-0.05, 0) is 12.0 Å². The smallest absolute Gasteiger partial charge is 0.234 e. The third-order valence-corrected chi connectivity index (χ3v) is 6.67. The minimum absolute atomic E-state index is 0.0653. The molecule has 1 aromatic rings. The second-order valence-electron chi connectivity index (χ2n) is 7.06. The van der Waals surface area contributed by atoms with Crippen molar-refractivity contribution in [3.05, 3.63) is 42.0 Å². The molecule has 0 aliphatic carbocycles. The number of nitrogens with zero attached hydrogens (tertiary/aromatic N) is 2. The summed E-state index contributed by atoms with van der Waals surface area (Å²) in [6.45, 7) is 4.85. The van der Waals surface area contributed by atoms with Crippen LogP contribution in [-0.2, 0) is 14.6 Å². The highest BCUT2D eigenvalue weighted by atomic mass is 32.2. The number of nitrogens with one attached hydrogen (secondary N) is 1. The summed E-state index contributed by atoms with van der Waals surface area (Å²) in [5.74, 6) is 0.206. The molecule has 2 aliphatic rings. The molecule has 1 aromatic carbocycles. The van der Waals surface area contributed by atoms with Gasteiger partial charge < -0.3 is 5.32 Å². The van der Waals surface area contributed by atoms with Crippen molar-refractivity contribution in [2.75, 3.05) is 50.8 Å². The van der Waals surface area contributed by atoms with E-state index < -0.39 is 9.84 Å². The standard InChI is InChI=1S/C19H27N3O3S/c23-19(20-18-8-14-26(24,25)16-18)15-22-12-10-21(11-13-22)9-4-7-17-5-2-1-3-6-17/h1-7,18H,8-16H2,(H,20,23)/b7-4+. The first-order valence-electron chi connectivity index (χ1n) is 9.16. The minimum Gasteiger partial charge on any atom is -0.351 e. The molecule has 6 nitrogen and oxygen atoms in total. The van der Waals surface area contributed by atoms with E-state index in [0.29, 0.717) is 13.0 Å². The highest BCUT2D eigenvalue weighted by Crippen LogP contribution is 2.11. The molecule has 0 bridgehead atoms. The molecule has 2 heterocycles. The summed E-state index contributed by atoms with van der Waals surface area (Å²) >= 11 is 0. The Balaban J connectivity index is 1.34. The second kappa shape index (κ2) is 8.79. The molecule has 26 heavy (non-hydrogen) atoms. The summed E-state index contributed by atoms with van der Waals surface area (Å²) in [5, 5.41) is 2.86. The third kappa shape index (κ3) is 5.93. The van der Waals surface area contributed by atoms with Crippen molar-refractivity contribution in [1.29, 1.82) is 0 Å². The number of rotatable bonds is 6. The van der Waals surface area contributed by atoms with Crippen LogP contribution in [0.1, 0.15) is 12.0 Å². The summed E-state index contributed by atoms with van der Waals surface area (Å²) in [6, 6.07) is 10.0. The van der Waals surface area contributed by atoms with Crippen LogP contribution in [0.5, 0.6) is 0 Å². The van der Waals surface area contributed by atoms with Gasteiger partial charge in [-0.25, -0.2) is 8.42 Å². The number of carbonyl (C=O) groups excluding carboxylic acids is 1. The van der Waals surface area contributed by atoms with Crippen molar-refractivity contribution >= 4 is 21.8 Å². The molecule has 3 rings (SSSR count). The quantitative estimate of drug-likeness (QED) is 0.787. The second-order valence-corrected chi connectivity index (χ2v) is 9.29. The molecule has 2 aliphatic heterocycles. The largest absolute Gasteiger partial charge is 0.351 e. The highest BCUT2D eigenvalue weighted by molar-refractivity contribution is 7.91. The Morgan fingerprint density at radius 1 is 1.12 bits per heavy atom. The third-order valence-electron chi connectivity index (χ3n) is 4.90.